The lowest BCUT2D eigenvalue weighted by Crippen LogP contribution is -2.86. The lowest BCUT2D eigenvalue weighted by atomic mass is 9.33. The van der Waals surface area contributed by atoms with Crippen LogP contribution in [0.5, 0.6) is 0 Å². The van der Waals surface area contributed by atoms with Gasteiger partial charge in [-0.05, 0) is 80.9 Å². The quantitative estimate of drug-likeness (QED) is 0.310. The molecule has 4 saturated carbocycles. The molecule has 1 aromatic carbocycles. The van der Waals surface area contributed by atoms with Gasteiger partial charge < -0.3 is 33.9 Å². The Balaban J connectivity index is 1.54. The first-order chi connectivity index (χ1) is 25.0. The van der Waals surface area contributed by atoms with Crippen LogP contribution < -0.4 is 0 Å². The maximum atomic E-state index is 14.5. The minimum Gasteiger partial charge on any atom is -0.493 e. The molecule has 1 saturated heterocycles. The van der Waals surface area contributed by atoms with Gasteiger partial charge in [-0.2, -0.15) is 0 Å². The molecule has 0 radical (unpaired) electrons. The van der Waals surface area contributed by atoms with Gasteiger partial charge in [0.05, 0.1) is 28.9 Å². The van der Waals surface area contributed by atoms with Gasteiger partial charge in [-0.3, -0.25) is 19.2 Å². The monoisotopic (exact) mass is 750 g/mol. The van der Waals surface area contributed by atoms with Gasteiger partial charge in [0.25, 0.3) is 0 Å². The van der Waals surface area contributed by atoms with E-state index in [1.54, 1.807) is 44.2 Å². The molecule has 5 aliphatic carbocycles. The van der Waals surface area contributed by atoms with Gasteiger partial charge in [-0.15, -0.1) is 0 Å². The minimum absolute atomic E-state index is 0.0106. The molecular weight excluding hydrogens is 696 g/mol. The summed E-state index contributed by atoms with van der Waals surface area (Å²) < 4.78 is 31.3. The van der Waals surface area contributed by atoms with Crippen molar-refractivity contribution in [1.29, 1.82) is 0 Å². The molecule has 12 nitrogen and oxygen atoms in total. The summed E-state index contributed by atoms with van der Waals surface area (Å²) in [5, 5.41) is 26.3. The largest absolute Gasteiger partial charge is 0.493 e. The van der Waals surface area contributed by atoms with E-state index in [0.717, 1.165) is 5.57 Å². The third-order valence-corrected chi connectivity index (χ3v) is 15.7. The molecule has 1 aliphatic heterocycles. The number of carbonyl (C=O) groups excluding carboxylic acids is 5. The van der Waals surface area contributed by atoms with E-state index in [9.17, 15) is 34.2 Å². The molecule has 6 aliphatic rings. The number of hydrogen-bond acceptors (Lipinski definition) is 12. The Labute approximate surface area is 316 Å². The van der Waals surface area contributed by atoms with E-state index in [1.807, 2.05) is 13.8 Å². The highest BCUT2D eigenvalue weighted by Crippen LogP contribution is 2.83. The van der Waals surface area contributed by atoms with Crippen molar-refractivity contribution in [1.82, 2.24) is 0 Å². The Kier molecular flexibility index (Phi) is 8.46. The number of methoxy groups -OCH3 is 1. The number of fused-ring (bicyclic) bond motifs is 5. The van der Waals surface area contributed by atoms with Crippen molar-refractivity contribution in [2.24, 2.45) is 44.8 Å². The number of benzene rings is 1. The summed E-state index contributed by atoms with van der Waals surface area (Å²) in [6.45, 7) is 15.5. The van der Waals surface area contributed by atoms with Gasteiger partial charge in [0, 0.05) is 39.0 Å². The molecule has 0 aromatic heterocycles. The van der Waals surface area contributed by atoms with Crippen LogP contribution in [0.4, 0.5) is 0 Å². The number of esters is 4. The van der Waals surface area contributed by atoms with Gasteiger partial charge in [0.1, 0.15) is 35.6 Å². The van der Waals surface area contributed by atoms with Crippen molar-refractivity contribution >= 4 is 29.7 Å². The van der Waals surface area contributed by atoms with Crippen molar-refractivity contribution in [2.75, 3.05) is 7.11 Å². The zero-order valence-electron chi connectivity index (χ0n) is 32.9. The number of aliphatic hydroxyl groups is 2. The van der Waals surface area contributed by atoms with Crippen LogP contribution in [0.1, 0.15) is 105 Å². The summed E-state index contributed by atoms with van der Waals surface area (Å²) in [4.78, 5) is 68.4. The number of aliphatic hydroxyl groups excluding tert-OH is 1. The molecule has 5 fully saturated rings. The average Bonchev–Trinajstić information content (AvgIpc) is 3.48. The summed E-state index contributed by atoms with van der Waals surface area (Å²) in [6.07, 6.45) is -4.57. The molecule has 7 rings (SSSR count). The summed E-state index contributed by atoms with van der Waals surface area (Å²) in [5.74, 6) is -4.13. The van der Waals surface area contributed by atoms with E-state index < -0.39 is 98.4 Å². The average molecular weight is 751 g/mol. The Morgan fingerprint density at radius 3 is 2.13 bits per heavy atom. The SMILES string of the molecule is COC1=C(C)[C@@]2(C)C[C@@H](OC(C)=O)[C@H]3[C@@](C)(C[C@H](C)[C@]34[C@]35C[C@@](C)(C[C@H](OC(C)=O)[C@]3(C)[C@@H](OC(=O)c3ccccc3)[C@@H](O)[C@]4(C)O)C(=O)O5)[C@@H]2CC1=O. The van der Waals surface area contributed by atoms with E-state index in [2.05, 4.69) is 13.8 Å². The van der Waals surface area contributed by atoms with Gasteiger partial charge in [-0.1, -0.05) is 39.0 Å². The highest BCUT2D eigenvalue weighted by atomic mass is 16.6. The fraction of sp³-hybridized carbons (Fsp3) is 0.690. The van der Waals surface area contributed by atoms with Crippen LogP contribution in [-0.4, -0.2) is 82.6 Å². The third kappa shape index (κ3) is 4.46. The molecule has 1 heterocycles. The number of ether oxygens (including phenoxy) is 5. The van der Waals surface area contributed by atoms with Gasteiger partial charge in [-0.25, -0.2) is 4.79 Å². The molecule has 0 amide bonds. The topological polar surface area (TPSA) is 172 Å². The molecule has 2 spiro atoms. The number of Topliss-reactive ketones (excluding diaryl/α,β-unsaturated/α-hetero) is 1. The van der Waals surface area contributed by atoms with Crippen LogP contribution >= 0.6 is 0 Å². The summed E-state index contributed by atoms with van der Waals surface area (Å²) in [7, 11) is 1.47. The molecular formula is C42H54O12. The first-order valence-corrected chi connectivity index (χ1v) is 19.1. The second kappa shape index (κ2) is 11.9. The van der Waals surface area contributed by atoms with Gasteiger partial charge in [0.2, 0.25) is 0 Å². The fourth-order valence-electron chi connectivity index (χ4n) is 13.9. The first kappa shape index (κ1) is 38.5. The number of hydrogen-bond donors (Lipinski definition) is 2. The molecule has 12 heteroatoms. The number of allylic oxidation sites excluding steroid dienone is 2. The Bertz CT molecular complexity index is 1850. The summed E-state index contributed by atoms with van der Waals surface area (Å²) in [5.41, 5.74) is -9.02. The Morgan fingerprint density at radius 1 is 0.907 bits per heavy atom. The maximum Gasteiger partial charge on any atom is 0.338 e. The lowest BCUT2D eigenvalue weighted by Gasteiger charge is -2.73. The van der Waals surface area contributed by atoms with Crippen molar-refractivity contribution in [3.8, 4) is 0 Å². The highest BCUT2D eigenvalue weighted by molar-refractivity contribution is 5.96. The highest BCUT2D eigenvalue weighted by Gasteiger charge is 2.92. The van der Waals surface area contributed by atoms with Crippen LogP contribution in [0.2, 0.25) is 0 Å². The number of ketones is 1. The molecule has 14 atom stereocenters. The minimum atomic E-state index is -2.19. The van der Waals surface area contributed by atoms with Crippen molar-refractivity contribution in [3.05, 3.63) is 47.2 Å². The number of rotatable bonds is 5. The normalized spacial score (nSPS) is 47.6. The molecule has 54 heavy (non-hydrogen) atoms. The molecule has 294 valence electrons. The van der Waals surface area contributed by atoms with Crippen molar-refractivity contribution < 1.29 is 57.9 Å². The summed E-state index contributed by atoms with van der Waals surface area (Å²) >= 11 is 0. The van der Waals surface area contributed by atoms with E-state index in [4.69, 9.17) is 23.7 Å². The Hall–Kier alpha value is -3.77. The van der Waals surface area contributed by atoms with E-state index in [1.165, 1.54) is 27.9 Å². The maximum absolute atomic E-state index is 14.5. The van der Waals surface area contributed by atoms with Gasteiger partial charge in [0.15, 0.2) is 11.5 Å². The second-order valence-corrected chi connectivity index (χ2v) is 18.4. The predicted octanol–water partition coefficient (Wildman–Crippen LogP) is 4.87. The molecule has 0 unspecified atom stereocenters. The second-order valence-electron chi connectivity index (χ2n) is 18.4. The van der Waals surface area contributed by atoms with Crippen LogP contribution in [0, 0.1) is 44.8 Å². The zero-order valence-corrected chi connectivity index (χ0v) is 32.9. The van der Waals surface area contributed by atoms with Crippen LogP contribution in [0.15, 0.2) is 41.7 Å². The van der Waals surface area contributed by atoms with Gasteiger partial charge >= 0.3 is 23.9 Å². The first-order valence-electron chi connectivity index (χ1n) is 19.1. The van der Waals surface area contributed by atoms with Crippen LogP contribution in [-0.2, 0) is 42.9 Å². The summed E-state index contributed by atoms with van der Waals surface area (Å²) in [6, 6.07) is 8.22. The number of carbonyl (C=O) groups is 5. The molecule has 2 bridgehead atoms. The standard InChI is InChI=1S/C42H54O12/c1-21-17-38(7)28-16-26(45)30(50-10)22(2)37(28,6)18-27(51-23(3)43)31(38)42(21)40(9,49)32(46)33(53-34(47)25-14-12-11-13-15-25)39(8)29(52-24(4)44)19-36(5)20-41(39,42)54-35(36)48/h11-15,21,27-29,31-33,46,49H,16-20H2,1-10H3/t21-,27+,28+,29-,31-,32+,33-,36+,37+,38-,39+,40-,41-,42-/m0/s1. The third-order valence-electron chi connectivity index (χ3n) is 15.7. The predicted molar refractivity (Wildman–Crippen MR) is 191 cm³/mol. The smallest absolute Gasteiger partial charge is 0.338 e. The molecule has 2 N–H and O–H groups in total. The Morgan fingerprint density at radius 2 is 1.54 bits per heavy atom. The van der Waals surface area contributed by atoms with E-state index >= 15 is 0 Å². The van der Waals surface area contributed by atoms with Crippen molar-refractivity contribution in [2.45, 2.75) is 130 Å². The van der Waals surface area contributed by atoms with E-state index in [-0.39, 0.29) is 48.7 Å². The lowest BCUT2D eigenvalue weighted by molar-refractivity contribution is -0.381. The fourth-order valence-corrected chi connectivity index (χ4v) is 13.9. The zero-order chi connectivity index (χ0) is 39.8. The van der Waals surface area contributed by atoms with E-state index in [0.29, 0.717) is 6.42 Å². The van der Waals surface area contributed by atoms with Crippen molar-refractivity contribution in [3.63, 3.8) is 0 Å². The molecule has 1 aromatic rings. The van der Waals surface area contributed by atoms with Crippen LogP contribution in [0.25, 0.3) is 0 Å². The van der Waals surface area contributed by atoms with Crippen LogP contribution in [0.3, 0.4) is 0 Å².